The van der Waals surface area contributed by atoms with E-state index in [-0.39, 0.29) is 18.1 Å². The lowest BCUT2D eigenvalue weighted by Gasteiger charge is -2.10. The number of halogens is 3. The highest BCUT2D eigenvalue weighted by Crippen LogP contribution is 2.30. The molecule has 3 N–H and O–H groups in total. The molecule has 150 valence electrons. The van der Waals surface area contributed by atoms with Gasteiger partial charge in [-0.05, 0) is 42.5 Å². The summed E-state index contributed by atoms with van der Waals surface area (Å²) in [5.74, 6) is -0.146. The van der Waals surface area contributed by atoms with Crippen LogP contribution in [-0.2, 0) is 11.0 Å². The molecule has 0 saturated heterocycles. The van der Waals surface area contributed by atoms with Crippen LogP contribution in [-0.4, -0.2) is 27.4 Å². The number of nitrogens with zero attached hydrogens (tertiary/aromatic N) is 2. The van der Waals surface area contributed by atoms with Crippen molar-refractivity contribution in [2.45, 2.75) is 12.3 Å². The molecule has 0 aliphatic carbocycles. The summed E-state index contributed by atoms with van der Waals surface area (Å²) in [5.41, 5.74) is 5.79. The number of benzene rings is 1. The second-order valence-corrected chi connectivity index (χ2v) is 6.03. The summed E-state index contributed by atoms with van der Waals surface area (Å²) < 4.78 is 43.2. The monoisotopic (exact) mass is 403 g/mol. The molecule has 0 radical (unpaired) electrons. The van der Waals surface area contributed by atoms with E-state index >= 15 is 0 Å². The van der Waals surface area contributed by atoms with Gasteiger partial charge in [0.1, 0.15) is 5.75 Å². The normalized spacial score (nSPS) is 12.4. The standard InChI is InChI=1S/C20H16F3N3O3/c21-20(22,23)13-6-9-18(25-11-13)29-14-7-4-12(5-8-14)15-2-1-3-16(26-15)19(28)17(27)10-24/h1-9,11,19,28H,10,24H2/t19-/m1/s1. The summed E-state index contributed by atoms with van der Waals surface area (Å²) in [6, 6.07) is 13.5. The molecule has 0 amide bonds. The largest absolute Gasteiger partial charge is 0.439 e. The number of carbonyl (C=O) groups excluding carboxylic acids is 1. The van der Waals surface area contributed by atoms with E-state index in [0.717, 1.165) is 12.1 Å². The Morgan fingerprint density at radius 1 is 1.10 bits per heavy atom. The summed E-state index contributed by atoms with van der Waals surface area (Å²) in [7, 11) is 0. The molecule has 3 aromatic rings. The highest BCUT2D eigenvalue weighted by atomic mass is 19.4. The Hall–Kier alpha value is -3.30. The highest BCUT2D eigenvalue weighted by molar-refractivity contribution is 5.85. The maximum Gasteiger partial charge on any atom is 0.417 e. The van der Waals surface area contributed by atoms with Gasteiger partial charge in [-0.1, -0.05) is 6.07 Å². The number of hydrogen-bond donors (Lipinski definition) is 2. The Bertz CT molecular complexity index is 990. The molecular weight excluding hydrogens is 387 g/mol. The molecule has 1 aromatic carbocycles. The molecule has 0 spiro atoms. The van der Waals surface area contributed by atoms with Crippen molar-refractivity contribution in [3.05, 3.63) is 72.1 Å². The zero-order chi connectivity index (χ0) is 21.0. The lowest BCUT2D eigenvalue weighted by molar-refractivity contribution is -0.137. The van der Waals surface area contributed by atoms with Gasteiger partial charge in [0.05, 0.1) is 23.5 Å². The minimum atomic E-state index is -4.46. The van der Waals surface area contributed by atoms with Gasteiger partial charge in [0.2, 0.25) is 5.88 Å². The summed E-state index contributed by atoms with van der Waals surface area (Å²) in [4.78, 5) is 19.5. The van der Waals surface area contributed by atoms with Crippen molar-refractivity contribution in [1.29, 1.82) is 0 Å². The first-order valence-electron chi connectivity index (χ1n) is 8.47. The number of alkyl halides is 3. The van der Waals surface area contributed by atoms with Crippen LogP contribution in [0.25, 0.3) is 11.3 Å². The van der Waals surface area contributed by atoms with Gasteiger partial charge >= 0.3 is 6.18 Å². The Labute approximate surface area is 163 Å². The molecule has 2 heterocycles. The second-order valence-electron chi connectivity index (χ2n) is 6.03. The molecule has 1 atom stereocenters. The first-order valence-corrected chi connectivity index (χ1v) is 8.47. The van der Waals surface area contributed by atoms with Crippen LogP contribution >= 0.6 is 0 Å². The van der Waals surface area contributed by atoms with E-state index in [2.05, 4.69) is 9.97 Å². The van der Waals surface area contributed by atoms with E-state index in [1.54, 1.807) is 36.4 Å². The van der Waals surface area contributed by atoms with Crippen molar-refractivity contribution in [3.8, 4) is 22.9 Å². The molecule has 9 heteroatoms. The third-order valence-electron chi connectivity index (χ3n) is 3.99. The highest BCUT2D eigenvalue weighted by Gasteiger charge is 2.30. The number of aliphatic hydroxyl groups excluding tert-OH is 1. The van der Waals surface area contributed by atoms with Gasteiger partial charge in [-0.2, -0.15) is 13.2 Å². The number of ether oxygens (including phenoxy) is 1. The maximum absolute atomic E-state index is 12.6. The van der Waals surface area contributed by atoms with Crippen LogP contribution in [0.4, 0.5) is 13.2 Å². The number of nitrogens with two attached hydrogens (primary N) is 1. The third kappa shape index (κ3) is 4.95. The average Bonchev–Trinajstić information content (AvgIpc) is 2.73. The van der Waals surface area contributed by atoms with Crippen molar-refractivity contribution in [2.24, 2.45) is 5.73 Å². The van der Waals surface area contributed by atoms with E-state index in [9.17, 15) is 23.1 Å². The minimum absolute atomic E-state index is 0.0225. The quantitative estimate of drug-likeness (QED) is 0.654. The predicted octanol–water partition coefficient (Wildman–Crippen LogP) is 3.52. The molecular formula is C20H16F3N3O3. The molecule has 3 rings (SSSR count). The fourth-order valence-corrected chi connectivity index (χ4v) is 2.46. The van der Waals surface area contributed by atoms with Crippen LogP contribution < -0.4 is 10.5 Å². The van der Waals surface area contributed by atoms with Gasteiger partial charge in [0.15, 0.2) is 11.9 Å². The van der Waals surface area contributed by atoms with E-state index < -0.39 is 23.6 Å². The average molecular weight is 403 g/mol. The number of carbonyl (C=O) groups is 1. The zero-order valence-corrected chi connectivity index (χ0v) is 14.9. The Kier molecular flexibility index (Phi) is 5.90. The Morgan fingerprint density at radius 3 is 2.41 bits per heavy atom. The van der Waals surface area contributed by atoms with Crippen LogP contribution in [0.2, 0.25) is 0 Å². The number of aromatic nitrogens is 2. The minimum Gasteiger partial charge on any atom is -0.439 e. The predicted molar refractivity (Wildman–Crippen MR) is 98.0 cm³/mol. The topological polar surface area (TPSA) is 98.3 Å². The van der Waals surface area contributed by atoms with Crippen LogP contribution in [0.1, 0.15) is 17.4 Å². The lowest BCUT2D eigenvalue weighted by atomic mass is 10.1. The Morgan fingerprint density at radius 2 is 1.83 bits per heavy atom. The maximum atomic E-state index is 12.6. The number of hydrogen-bond acceptors (Lipinski definition) is 6. The summed E-state index contributed by atoms with van der Waals surface area (Å²) in [6.45, 7) is -0.295. The van der Waals surface area contributed by atoms with Gasteiger partial charge in [-0.3, -0.25) is 4.79 Å². The van der Waals surface area contributed by atoms with Crippen LogP contribution in [0.5, 0.6) is 11.6 Å². The van der Waals surface area contributed by atoms with E-state index in [4.69, 9.17) is 10.5 Å². The third-order valence-corrected chi connectivity index (χ3v) is 3.99. The SMILES string of the molecule is NCC(=O)[C@H](O)c1cccc(-c2ccc(Oc3ccc(C(F)(F)F)cn3)cc2)n1. The van der Waals surface area contributed by atoms with Crippen molar-refractivity contribution in [2.75, 3.05) is 6.54 Å². The van der Waals surface area contributed by atoms with E-state index in [1.165, 1.54) is 6.07 Å². The second kappa shape index (κ2) is 8.38. The van der Waals surface area contributed by atoms with Crippen LogP contribution in [0, 0.1) is 0 Å². The molecule has 0 aliphatic heterocycles. The van der Waals surface area contributed by atoms with Crippen molar-refractivity contribution < 1.29 is 27.8 Å². The Balaban J connectivity index is 1.74. The van der Waals surface area contributed by atoms with Crippen LogP contribution in [0.3, 0.4) is 0 Å². The molecule has 0 fully saturated rings. The number of pyridine rings is 2. The van der Waals surface area contributed by atoms with Gasteiger partial charge in [0, 0.05) is 17.8 Å². The fraction of sp³-hybridized carbons (Fsp3) is 0.150. The zero-order valence-electron chi connectivity index (χ0n) is 14.9. The molecule has 0 bridgehead atoms. The summed E-state index contributed by atoms with van der Waals surface area (Å²) >= 11 is 0. The summed E-state index contributed by atoms with van der Waals surface area (Å²) in [5, 5.41) is 9.95. The first kappa shape index (κ1) is 20.4. The van der Waals surface area contributed by atoms with E-state index in [1.807, 2.05) is 0 Å². The molecule has 0 saturated carbocycles. The lowest BCUT2D eigenvalue weighted by Crippen LogP contribution is -2.22. The number of aliphatic hydroxyl groups is 1. The number of rotatable bonds is 6. The first-order chi connectivity index (χ1) is 13.8. The summed E-state index contributed by atoms with van der Waals surface area (Å²) in [6.07, 6.45) is -5.15. The van der Waals surface area contributed by atoms with Crippen molar-refractivity contribution in [3.63, 3.8) is 0 Å². The molecule has 2 aromatic heterocycles. The van der Waals surface area contributed by atoms with E-state index in [0.29, 0.717) is 23.2 Å². The molecule has 0 unspecified atom stereocenters. The fourth-order valence-electron chi connectivity index (χ4n) is 2.46. The van der Waals surface area contributed by atoms with Gasteiger partial charge < -0.3 is 15.6 Å². The smallest absolute Gasteiger partial charge is 0.417 e. The van der Waals surface area contributed by atoms with Gasteiger partial charge in [-0.25, -0.2) is 9.97 Å². The number of Topliss-reactive ketones (excluding diaryl/α,β-unsaturated/α-hetero) is 1. The molecule has 6 nitrogen and oxygen atoms in total. The molecule has 29 heavy (non-hydrogen) atoms. The van der Waals surface area contributed by atoms with Crippen LogP contribution in [0.15, 0.2) is 60.8 Å². The number of ketones is 1. The van der Waals surface area contributed by atoms with Gasteiger partial charge in [-0.15, -0.1) is 0 Å². The van der Waals surface area contributed by atoms with Gasteiger partial charge in [0.25, 0.3) is 0 Å². The van der Waals surface area contributed by atoms with Crippen molar-refractivity contribution >= 4 is 5.78 Å². The van der Waals surface area contributed by atoms with Crippen molar-refractivity contribution in [1.82, 2.24) is 9.97 Å². The molecule has 0 aliphatic rings.